The Kier molecular flexibility index (Phi) is 107. The molecule has 0 heterocycles. The Morgan fingerprint density at radius 3 is 1.57 bits per heavy atom. The predicted octanol–water partition coefficient (Wildman–Crippen LogP) is 1.87. The Labute approximate surface area is 56.5 Å². The average Bonchev–Trinajstić information content (AvgIpc) is 1.39. The van der Waals surface area contributed by atoms with E-state index in [1.54, 1.807) is 0 Å². The second-order valence-corrected chi connectivity index (χ2v) is 0.378. The molecule has 0 fully saturated rings. The van der Waals surface area contributed by atoms with Gasteiger partial charge < -0.3 is 11.1 Å². The molecule has 0 atom stereocenters. The fraction of sp³-hybridized carbons (Fsp3) is 0. The van der Waals surface area contributed by atoms with Crippen LogP contribution in [0.1, 0.15) is 0 Å². The van der Waals surface area contributed by atoms with Crippen LogP contribution in [0, 0.1) is 6.92 Å². The fourth-order valence-corrected chi connectivity index (χ4v) is 0. The van der Waals surface area contributed by atoms with Crippen molar-refractivity contribution >= 4 is 0 Å². The topological polar surface area (TPSA) is 58.7 Å². The van der Waals surface area contributed by atoms with Crippen molar-refractivity contribution in [3.05, 3.63) is 35.6 Å². The first-order valence-electron chi connectivity index (χ1n) is 1.22. The Bertz CT molecular complexity index is 55.2. The van der Waals surface area contributed by atoms with Gasteiger partial charge in [0.05, 0.1) is 0 Å². The van der Waals surface area contributed by atoms with Gasteiger partial charge >= 0.3 is 20.4 Å². The molecule has 0 aliphatic rings. The van der Waals surface area contributed by atoms with Crippen LogP contribution in [0.2, 0.25) is 0 Å². The van der Waals surface area contributed by atoms with Crippen LogP contribution in [0.5, 0.6) is 0 Å². The van der Waals surface area contributed by atoms with E-state index in [1.165, 1.54) is 11.0 Å². The van der Waals surface area contributed by atoms with Crippen LogP contribution in [0.3, 0.4) is 0 Å². The minimum atomic E-state index is 0. The van der Waals surface area contributed by atoms with Crippen molar-refractivity contribution < 1.29 is 20.4 Å². The summed E-state index contributed by atoms with van der Waals surface area (Å²) in [5.41, 5.74) is 13.5. The summed E-state index contributed by atoms with van der Waals surface area (Å²) in [6.07, 6.45) is 1.50. The third-order valence-electron chi connectivity index (χ3n) is 0. The van der Waals surface area contributed by atoms with Gasteiger partial charge in [0.1, 0.15) is 0 Å². The third-order valence-corrected chi connectivity index (χ3v) is 0. The molecular formula is C3H5N3Pd. The molecule has 42 valence electrons. The largest absolute Gasteiger partial charge is 2.00 e. The van der Waals surface area contributed by atoms with E-state index in [9.17, 15) is 0 Å². The molecule has 0 aromatic heterocycles. The first kappa shape index (κ1) is 16.0. The van der Waals surface area contributed by atoms with Crippen molar-refractivity contribution in [2.75, 3.05) is 0 Å². The van der Waals surface area contributed by atoms with Crippen molar-refractivity contribution in [3.8, 4) is 0 Å². The molecule has 0 spiro atoms. The summed E-state index contributed by atoms with van der Waals surface area (Å²) in [5, 5.41) is 0. The molecule has 0 saturated carbocycles. The Morgan fingerprint density at radius 2 is 1.57 bits per heavy atom. The van der Waals surface area contributed by atoms with Crippen molar-refractivity contribution in [1.29, 1.82) is 0 Å². The first-order valence-corrected chi connectivity index (χ1v) is 1.22. The van der Waals surface area contributed by atoms with Crippen LogP contribution < -0.4 is 0 Å². The summed E-state index contributed by atoms with van der Waals surface area (Å²) in [7, 11) is 0. The fourth-order valence-electron chi connectivity index (χ4n) is 0. The van der Waals surface area contributed by atoms with Gasteiger partial charge in [0, 0.05) is 0 Å². The quantitative estimate of drug-likeness (QED) is 0.184. The van der Waals surface area contributed by atoms with Gasteiger partial charge in [-0.05, 0) is 0 Å². The molecule has 7 heavy (non-hydrogen) atoms. The summed E-state index contributed by atoms with van der Waals surface area (Å²) >= 11 is 0. The number of rotatable bonds is 0. The monoisotopic (exact) mass is 189 g/mol. The molecule has 0 amide bonds. The zero-order valence-electron chi connectivity index (χ0n) is 3.65. The van der Waals surface area contributed by atoms with Gasteiger partial charge in [-0.25, -0.2) is 19.6 Å². The molecule has 0 bridgehead atoms. The van der Waals surface area contributed by atoms with E-state index in [2.05, 4.69) is 13.5 Å². The summed E-state index contributed by atoms with van der Waals surface area (Å²) < 4.78 is 0. The van der Waals surface area contributed by atoms with Gasteiger partial charge in [0.2, 0.25) is 0 Å². The molecule has 0 aromatic carbocycles. The van der Waals surface area contributed by atoms with Crippen LogP contribution in [-0.2, 0) is 20.4 Å². The minimum absolute atomic E-state index is 0. The molecule has 0 N–H and O–H groups in total. The van der Waals surface area contributed by atoms with Gasteiger partial charge in [0.15, 0.2) is 0 Å². The molecule has 0 aliphatic heterocycles. The molecule has 3 nitrogen and oxygen atoms in total. The summed E-state index contributed by atoms with van der Waals surface area (Å²) in [5.74, 6) is 0. The Balaban J connectivity index is -0.0000000400. The van der Waals surface area contributed by atoms with Gasteiger partial charge in [-0.3, -0.25) is 4.91 Å². The molecule has 0 radical (unpaired) electrons. The molecule has 0 aliphatic carbocycles. The van der Waals surface area contributed by atoms with E-state index in [4.69, 9.17) is 11.1 Å². The van der Waals surface area contributed by atoms with Crippen LogP contribution in [0.15, 0.2) is 12.7 Å². The maximum Gasteiger partial charge on any atom is 2.00 e. The zero-order chi connectivity index (χ0) is 5.41. The molecule has 0 rings (SSSR count). The number of hydrogen-bond donors (Lipinski definition) is 0. The predicted molar refractivity (Wildman–Crippen MR) is 25.6 cm³/mol. The molecule has 0 aromatic rings. The SMILES string of the molecule is C=C[CH2-].[N-]=[N+]=[N-].[Pd+2]. The maximum absolute atomic E-state index is 6.75. The van der Waals surface area contributed by atoms with E-state index >= 15 is 0 Å². The van der Waals surface area contributed by atoms with Crippen LogP contribution in [0.4, 0.5) is 0 Å². The van der Waals surface area contributed by atoms with E-state index < -0.39 is 0 Å². The van der Waals surface area contributed by atoms with Crippen molar-refractivity contribution in [2.45, 2.75) is 0 Å². The van der Waals surface area contributed by atoms with Crippen molar-refractivity contribution in [2.24, 2.45) is 0 Å². The summed E-state index contributed by atoms with van der Waals surface area (Å²) in [6, 6.07) is 0. The molecule has 0 unspecified atom stereocenters. The van der Waals surface area contributed by atoms with Gasteiger partial charge in [-0.2, -0.15) is 0 Å². The molecular weight excluding hydrogens is 184 g/mol. The number of allylic oxidation sites excluding steroid dienone is 1. The average molecular weight is 190 g/mol. The van der Waals surface area contributed by atoms with E-state index in [1.807, 2.05) is 0 Å². The van der Waals surface area contributed by atoms with Gasteiger partial charge in [-0.15, -0.1) is 0 Å². The number of nitrogens with zero attached hydrogens (tertiary/aromatic N) is 3. The minimum Gasteiger partial charge on any atom is -0.373 e. The van der Waals surface area contributed by atoms with Crippen molar-refractivity contribution in [1.82, 2.24) is 0 Å². The van der Waals surface area contributed by atoms with Crippen LogP contribution in [0.25, 0.3) is 16.0 Å². The van der Waals surface area contributed by atoms with E-state index in [0.29, 0.717) is 0 Å². The van der Waals surface area contributed by atoms with Crippen LogP contribution in [-0.4, -0.2) is 0 Å². The standard InChI is InChI=1S/C3H5.N3.Pd/c2*1-3-2;/h3H,1-2H2;;/q2*-1;+2. The summed E-state index contributed by atoms with van der Waals surface area (Å²) in [6.45, 7) is 6.50. The third kappa shape index (κ3) is 411. The maximum atomic E-state index is 6.75. The van der Waals surface area contributed by atoms with E-state index in [0.717, 1.165) is 0 Å². The van der Waals surface area contributed by atoms with Crippen LogP contribution >= 0.6 is 0 Å². The second kappa shape index (κ2) is 46.8. The Morgan fingerprint density at radius 1 is 1.57 bits per heavy atom. The van der Waals surface area contributed by atoms with Crippen molar-refractivity contribution in [3.63, 3.8) is 0 Å². The summed E-state index contributed by atoms with van der Waals surface area (Å²) in [4.78, 5) is 1.50. The second-order valence-electron chi connectivity index (χ2n) is 0.378. The molecule has 4 heteroatoms. The normalized spacial score (nSPS) is 2.86. The molecule has 0 saturated heterocycles. The van der Waals surface area contributed by atoms with E-state index in [-0.39, 0.29) is 20.4 Å². The smallest absolute Gasteiger partial charge is 0.373 e. The Hall–Kier alpha value is -0.418. The van der Waals surface area contributed by atoms with Gasteiger partial charge in [-0.1, -0.05) is 0 Å². The first-order chi connectivity index (χ1) is 2.83. The number of hydrogen-bond acceptors (Lipinski definition) is 0. The zero-order valence-corrected chi connectivity index (χ0v) is 5.20. The van der Waals surface area contributed by atoms with Gasteiger partial charge in [0.25, 0.3) is 0 Å².